The van der Waals surface area contributed by atoms with Crippen molar-refractivity contribution in [3.63, 3.8) is 0 Å². The topological polar surface area (TPSA) is 21.6 Å². The van der Waals surface area contributed by atoms with Gasteiger partial charge >= 0.3 is 6.18 Å². The fourth-order valence-corrected chi connectivity index (χ4v) is 1.70. The summed E-state index contributed by atoms with van der Waals surface area (Å²) in [5, 5.41) is 3.67. The third kappa shape index (κ3) is 2.03. The van der Waals surface area contributed by atoms with Crippen LogP contribution in [0.15, 0.2) is 29.4 Å². The minimum atomic E-state index is -4.35. The third-order valence-corrected chi connectivity index (χ3v) is 2.43. The molecule has 0 aliphatic carbocycles. The van der Waals surface area contributed by atoms with E-state index in [4.69, 9.17) is 4.84 Å². The van der Waals surface area contributed by atoms with Crippen LogP contribution >= 0.6 is 0 Å². The number of hydrogen-bond donors (Lipinski definition) is 0. The second-order valence-electron chi connectivity index (χ2n) is 3.71. The number of rotatable bonds is 1. The number of nitrogens with zero attached hydrogens (tertiary/aromatic N) is 1. The minimum Gasteiger partial charge on any atom is -0.387 e. The molecule has 0 spiro atoms. The minimum absolute atomic E-state index is 0.149. The zero-order valence-electron chi connectivity index (χ0n) is 8.58. The van der Waals surface area contributed by atoms with E-state index < -0.39 is 17.8 Å². The molecule has 1 aromatic rings. The summed E-state index contributed by atoms with van der Waals surface area (Å²) >= 11 is 0. The predicted molar refractivity (Wildman–Crippen MR) is 53.0 cm³/mol. The normalized spacial score (nSPS) is 20.5. The molecule has 0 N–H and O–H groups in total. The van der Waals surface area contributed by atoms with Gasteiger partial charge in [-0.25, -0.2) is 0 Å². The molecule has 0 saturated heterocycles. The van der Waals surface area contributed by atoms with E-state index >= 15 is 0 Å². The van der Waals surface area contributed by atoms with Gasteiger partial charge in [-0.1, -0.05) is 23.4 Å². The molecule has 2 rings (SSSR count). The molecule has 0 saturated carbocycles. The maximum absolute atomic E-state index is 12.7. The Labute approximate surface area is 90.7 Å². The molecule has 1 atom stereocenters. The zero-order valence-corrected chi connectivity index (χ0v) is 8.58. The lowest BCUT2D eigenvalue weighted by Crippen LogP contribution is -2.12. The lowest BCUT2D eigenvalue weighted by Gasteiger charge is -2.15. The smallest absolute Gasteiger partial charge is 0.387 e. The van der Waals surface area contributed by atoms with Crippen molar-refractivity contribution in [3.8, 4) is 0 Å². The summed E-state index contributed by atoms with van der Waals surface area (Å²) in [5.41, 5.74) is 0.211. The van der Waals surface area contributed by atoms with E-state index in [0.717, 1.165) is 6.07 Å². The highest BCUT2D eigenvalue weighted by atomic mass is 19.4. The Bertz CT molecular complexity index is 425. The van der Waals surface area contributed by atoms with E-state index in [1.54, 1.807) is 13.0 Å². The van der Waals surface area contributed by atoms with Gasteiger partial charge in [-0.15, -0.1) is 0 Å². The lowest BCUT2D eigenvalue weighted by atomic mass is 9.99. The summed E-state index contributed by atoms with van der Waals surface area (Å²) in [6, 6.07) is 5.44. The first-order chi connectivity index (χ1) is 7.48. The first-order valence-electron chi connectivity index (χ1n) is 4.84. The van der Waals surface area contributed by atoms with Gasteiger partial charge in [0.1, 0.15) is 0 Å². The van der Waals surface area contributed by atoms with Crippen LogP contribution in [-0.2, 0) is 11.0 Å². The van der Waals surface area contributed by atoms with Gasteiger partial charge in [0.25, 0.3) is 0 Å². The second-order valence-corrected chi connectivity index (χ2v) is 3.71. The van der Waals surface area contributed by atoms with Crippen molar-refractivity contribution in [2.75, 3.05) is 0 Å². The monoisotopic (exact) mass is 229 g/mol. The molecule has 0 unspecified atom stereocenters. The maximum Gasteiger partial charge on any atom is 0.416 e. The number of halogens is 3. The van der Waals surface area contributed by atoms with Gasteiger partial charge in [-0.3, -0.25) is 0 Å². The van der Waals surface area contributed by atoms with E-state index in [1.165, 1.54) is 12.1 Å². The number of hydrogen-bond acceptors (Lipinski definition) is 2. The first-order valence-corrected chi connectivity index (χ1v) is 4.84. The molecule has 86 valence electrons. The summed E-state index contributed by atoms with van der Waals surface area (Å²) in [7, 11) is 0. The van der Waals surface area contributed by atoms with Crippen LogP contribution in [0, 0.1) is 0 Å². The van der Waals surface area contributed by atoms with E-state index in [0.29, 0.717) is 12.1 Å². The van der Waals surface area contributed by atoms with Crippen LogP contribution in [0.4, 0.5) is 13.2 Å². The Morgan fingerprint density at radius 2 is 2.00 bits per heavy atom. The van der Waals surface area contributed by atoms with Crippen LogP contribution in [0.1, 0.15) is 30.6 Å². The Kier molecular flexibility index (Phi) is 2.61. The Hall–Kier alpha value is -1.52. The fraction of sp³-hybridized carbons (Fsp3) is 0.364. The highest BCUT2D eigenvalue weighted by molar-refractivity contribution is 5.83. The van der Waals surface area contributed by atoms with E-state index in [9.17, 15) is 13.2 Å². The van der Waals surface area contributed by atoms with Crippen LogP contribution in [-0.4, -0.2) is 5.71 Å². The van der Waals surface area contributed by atoms with E-state index in [2.05, 4.69) is 5.16 Å². The number of alkyl halides is 3. The van der Waals surface area contributed by atoms with Crippen molar-refractivity contribution in [2.24, 2.45) is 5.16 Å². The van der Waals surface area contributed by atoms with Gasteiger partial charge in [0.15, 0.2) is 6.10 Å². The molecule has 0 aromatic heterocycles. The highest BCUT2D eigenvalue weighted by Crippen LogP contribution is 2.38. The molecule has 0 radical (unpaired) electrons. The van der Waals surface area contributed by atoms with Gasteiger partial charge in [0, 0.05) is 12.0 Å². The van der Waals surface area contributed by atoms with Crippen molar-refractivity contribution in [2.45, 2.75) is 25.6 Å². The third-order valence-electron chi connectivity index (χ3n) is 2.43. The molecule has 0 bridgehead atoms. The summed E-state index contributed by atoms with van der Waals surface area (Å²) in [6.07, 6.45) is -4.55. The van der Waals surface area contributed by atoms with Gasteiger partial charge in [-0.05, 0) is 13.0 Å². The molecule has 16 heavy (non-hydrogen) atoms. The van der Waals surface area contributed by atoms with Crippen molar-refractivity contribution in [1.82, 2.24) is 0 Å². The first kappa shape index (κ1) is 11.0. The predicted octanol–water partition coefficient (Wildman–Crippen LogP) is 3.54. The van der Waals surface area contributed by atoms with Crippen LogP contribution in [0.2, 0.25) is 0 Å². The van der Waals surface area contributed by atoms with Crippen molar-refractivity contribution < 1.29 is 18.0 Å². The van der Waals surface area contributed by atoms with Crippen molar-refractivity contribution >= 4 is 5.71 Å². The zero-order chi connectivity index (χ0) is 11.8. The summed E-state index contributed by atoms with van der Waals surface area (Å²) in [6.45, 7) is 1.73. The average molecular weight is 229 g/mol. The van der Waals surface area contributed by atoms with E-state index in [1.807, 2.05) is 0 Å². The van der Waals surface area contributed by atoms with Crippen LogP contribution in [0.3, 0.4) is 0 Å². The Balaban J connectivity index is 2.35. The van der Waals surface area contributed by atoms with Gasteiger partial charge in [-0.2, -0.15) is 13.2 Å². The standard InChI is InChI=1S/C11H10F3NO/c1-7-6-10(16-15-7)8-4-2-3-5-9(8)11(12,13)14/h2-5,10H,6H2,1H3/t10-/m0/s1. The molecule has 1 aliphatic heterocycles. The SMILES string of the molecule is CC1=NO[C@H](c2ccccc2C(F)(F)F)C1. The van der Waals surface area contributed by atoms with E-state index in [-0.39, 0.29) is 5.56 Å². The molecular weight excluding hydrogens is 219 g/mol. The van der Waals surface area contributed by atoms with Gasteiger partial charge < -0.3 is 4.84 Å². The molecule has 0 amide bonds. The second kappa shape index (κ2) is 3.81. The molecule has 5 heteroatoms. The lowest BCUT2D eigenvalue weighted by molar-refractivity contribution is -0.139. The quantitative estimate of drug-likeness (QED) is 0.721. The van der Waals surface area contributed by atoms with Crippen molar-refractivity contribution in [3.05, 3.63) is 35.4 Å². The fourth-order valence-electron chi connectivity index (χ4n) is 1.70. The molecule has 1 aliphatic rings. The van der Waals surface area contributed by atoms with Crippen LogP contribution in [0.5, 0.6) is 0 Å². The molecular formula is C11H10F3NO. The summed E-state index contributed by atoms with van der Waals surface area (Å²) in [5.74, 6) is 0. The van der Waals surface area contributed by atoms with Crippen LogP contribution in [0.25, 0.3) is 0 Å². The summed E-state index contributed by atoms with van der Waals surface area (Å²) in [4.78, 5) is 4.98. The summed E-state index contributed by atoms with van der Waals surface area (Å²) < 4.78 is 38.1. The van der Waals surface area contributed by atoms with Gasteiger partial charge in [0.2, 0.25) is 0 Å². The van der Waals surface area contributed by atoms with Gasteiger partial charge in [0.05, 0.1) is 11.3 Å². The number of benzene rings is 1. The Morgan fingerprint density at radius 1 is 1.31 bits per heavy atom. The largest absolute Gasteiger partial charge is 0.416 e. The maximum atomic E-state index is 12.7. The van der Waals surface area contributed by atoms with Crippen molar-refractivity contribution in [1.29, 1.82) is 0 Å². The molecule has 0 fully saturated rings. The Morgan fingerprint density at radius 3 is 2.56 bits per heavy atom. The molecule has 2 nitrogen and oxygen atoms in total. The average Bonchev–Trinajstić information content (AvgIpc) is 2.64. The molecule has 1 aromatic carbocycles. The molecule has 1 heterocycles. The number of oxime groups is 1. The highest BCUT2D eigenvalue weighted by Gasteiger charge is 2.36. The van der Waals surface area contributed by atoms with Crippen LogP contribution < -0.4 is 0 Å².